The molecule has 0 bridgehead atoms. The minimum absolute atomic E-state index is 0.181. The van der Waals surface area contributed by atoms with E-state index in [1.807, 2.05) is 6.20 Å². The molecule has 1 saturated carbocycles. The van der Waals surface area contributed by atoms with Crippen molar-refractivity contribution in [2.45, 2.75) is 78.2 Å². The van der Waals surface area contributed by atoms with Gasteiger partial charge >= 0.3 is 0 Å². The highest BCUT2D eigenvalue weighted by Gasteiger charge is 2.32. The first kappa shape index (κ1) is 19.5. The molecule has 2 rings (SSSR count). The number of aliphatic hydroxyl groups is 1. The lowest BCUT2D eigenvalue weighted by molar-refractivity contribution is 0.126. The number of H-pyrrole nitrogens is 1. The average Bonchev–Trinajstić information content (AvgIpc) is 3.08. The lowest BCUT2D eigenvalue weighted by atomic mass is 9.68. The largest absolute Gasteiger partial charge is 0.395 e. The number of aromatic nitrogens is 2. The van der Waals surface area contributed by atoms with Gasteiger partial charge < -0.3 is 15.4 Å². The van der Waals surface area contributed by atoms with Gasteiger partial charge in [-0.15, -0.1) is 0 Å². The molecule has 1 fully saturated rings. The van der Waals surface area contributed by atoms with Crippen molar-refractivity contribution in [3.8, 4) is 0 Å². The summed E-state index contributed by atoms with van der Waals surface area (Å²) in [6.07, 6.45) is 13.6. The Hall–Kier alpha value is -0.870. The summed E-state index contributed by atoms with van der Waals surface area (Å²) in [6, 6.07) is 0.181. The van der Waals surface area contributed by atoms with Gasteiger partial charge in [0.25, 0.3) is 0 Å². The molecule has 0 saturated heterocycles. The van der Waals surface area contributed by atoms with E-state index >= 15 is 0 Å². The van der Waals surface area contributed by atoms with Crippen molar-refractivity contribution in [2.24, 2.45) is 17.3 Å². The maximum atomic E-state index is 9.68. The van der Waals surface area contributed by atoms with Gasteiger partial charge in [0.2, 0.25) is 0 Å². The number of nitrogens with zero attached hydrogens (tertiary/aromatic N) is 1. The van der Waals surface area contributed by atoms with Crippen LogP contribution in [-0.2, 0) is 6.42 Å². The summed E-state index contributed by atoms with van der Waals surface area (Å²) in [7, 11) is 0. The summed E-state index contributed by atoms with van der Waals surface area (Å²) in [5.41, 5.74) is 1.53. The first-order valence-electron chi connectivity index (χ1n) is 9.86. The highest BCUT2D eigenvalue weighted by atomic mass is 16.3. The van der Waals surface area contributed by atoms with Gasteiger partial charge in [-0.05, 0) is 49.4 Å². The molecule has 4 atom stereocenters. The molecule has 138 valence electrons. The van der Waals surface area contributed by atoms with E-state index in [9.17, 15) is 5.11 Å². The molecule has 1 aliphatic rings. The third-order valence-electron chi connectivity index (χ3n) is 5.96. The monoisotopic (exact) mass is 335 g/mol. The zero-order valence-corrected chi connectivity index (χ0v) is 15.9. The molecule has 24 heavy (non-hydrogen) atoms. The zero-order chi connectivity index (χ0) is 17.4. The van der Waals surface area contributed by atoms with Crippen molar-refractivity contribution in [3.05, 3.63) is 18.2 Å². The van der Waals surface area contributed by atoms with Crippen LogP contribution in [0.15, 0.2) is 12.5 Å². The van der Waals surface area contributed by atoms with E-state index in [1.54, 1.807) is 6.33 Å². The van der Waals surface area contributed by atoms with E-state index in [0.29, 0.717) is 5.41 Å². The Morgan fingerprint density at radius 1 is 1.50 bits per heavy atom. The summed E-state index contributed by atoms with van der Waals surface area (Å²) >= 11 is 0. The number of hydrogen-bond donors (Lipinski definition) is 3. The Morgan fingerprint density at radius 3 is 3.00 bits per heavy atom. The quantitative estimate of drug-likeness (QED) is 0.607. The molecular weight excluding hydrogens is 298 g/mol. The summed E-state index contributed by atoms with van der Waals surface area (Å²) in [6.45, 7) is 8.37. The van der Waals surface area contributed by atoms with Crippen molar-refractivity contribution in [3.63, 3.8) is 0 Å². The van der Waals surface area contributed by atoms with Crippen molar-refractivity contribution in [1.82, 2.24) is 15.3 Å². The first-order chi connectivity index (χ1) is 11.5. The highest BCUT2D eigenvalue weighted by molar-refractivity contribution is 4.95. The number of aromatic amines is 1. The third kappa shape index (κ3) is 6.21. The van der Waals surface area contributed by atoms with Gasteiger partial charge in [0.15, 0.2) is 0 Å². The molecule has 0 aromatic carbocycles. The van der Waals surface area contributed by atoms with E-state index in [2.05, 4.69) is 36.1 Å². The second-order valence-electron chi connectivity index (χ2n) is 8.40. The Morgan fingerprint density at radius 2 is 2.33 bits per heavy atom. The van der Waals surface area contributed by atoms with Crippen LogP contribution in [0.2, 0.25) is 0 Å². The van der Waals surface area contributed by atoms with Crippen LogP contribution in [0.4, 0.5) is 0 Å². The molecule has 4 heteroatoms. The molecule has 0 aliphatic heterocycles. The van der Waals surface area contributed by atoms with Gasteiger partial charge in [-0.25, -0.2) is 4.98 Å². The maximum absolute atomic E-state index is 9.68. The Labute approximate surface area is 147 Å². The lowest BCUT2D eigenvalue weighted by Gasteiger charge is -2.40. The van der Waals surface area contributed by atoms with Gasteiger partial charge in [-0.3, -0.25) is 0 Å². The summed E-state index contributed by atoms with van der Waals surface area (Å²) < 4.78 is 0. The summed E-state index contributed by atoms with van der Waals surface area (Å²) in [5, 5.41) is 13.3. The molecule has 1 aromatic rings. The summed E-state index contributed by atoms with van der Waals surface area (Å²) in [4.78, 5) is 7.20. The fraction of sp³-hybridized carbons (Fsp3) is 0.850. The first-order valence-corrected chi connectivity index (χ1v) is 9.86. The number of rotatable bonds is 10. The van der Waals surface area contributed by atoms with Gasteiger partial charge in [-0.1, -0.05) is 40.0 Å². The fourth-order valence-corrected chi connectivity index (χ4v) is 4.22. The highest BCUT2D eigenvalue weighted by Crippen LogP contribution is 2.41. The van der Waals surface area contributed by atoms with E-state index in [1.165, 1.54) is 38.5 Å². The number of hydrogen-bond acceptors (Lipinski definition) is 3. The molecule has 0 radical (unpaired) electrons. The van der Waals surface area contributed by atoms with Crippen molar-refractivity contribution >= 4 is 0 Å². The molecule has 4 unspecified atom stereocenters. The second kappa shape index (κ2) is 9.57. The molecule has 0 amide bonds. The Balaban J connectivity index is 1.77. The van der Waals surface area contributed by atoms with Gasteiger partial charge in [0.05, 0.1) is 12.9 Å². The van der Waals surface area contributed by atoms with Crippen LogP contribution in [0.25, 0.3) is 0 Å². The van der Waals surface area contributed by atoms with Crippen molar-refractivity contribution in [1.29, 1.82) is 0 Å². The van der Waals surface area contributed by atoms with Crippen LogP contribution in [0.1, 0.15) is 71.4 Å². The average molecular weight is 336 g/mol. The van der Waals surface area contributed by atoms with Crippen LogP contribution in [-0.4, -0.2) is 34.3 Å². The number of imidazole rings is 1. The van der Waals surface area contributed by atoms with Crippen LogP contribution in [0.5, 0.6) is 0 Å². The smallest absolute Gasteiger partial charge is 0.0921 e. The predicted octanol–water partition coefficient (Wildman–Crippen LogP) is 3.93. The molecule has 0 spiro atoms. The standard InChI is InChI=1S/C20H37N3O/c1-4-16(2)10-17-6-5-9-20(3,11-17)14-22-19(13-24)8-7-18-12-21-15-23-18/h12,15-17,19,22,24H,4-11,13-14H2,1-3H3,(H,21,23). The van der Waals surface area contributed by atoms with Crippen LogP contribution < -0.4 is 5.32 Å². The summed E-state index contributed by atoms with van der Waals surface area (Å²) in [5.74, 6) is 1.74. The van der Waals surface area contributed by atoms with Crippen molar-refractivity contribution in [2.75, 3.05) is 13.2 Å². The van der Waals surface area contributed by atoms with Gasteiger partial charge in [0, 0.05) is 24.5 Å². The molecular formula is C20H37N3O. The van der Waals surface area contributed by atoms with E-state index in [-0.39, 0.29) is 12.6 Å². The molecule has 4 nitrogen and oxygen atoms in total. The topological polar surface area (TPSA) is 60.9 Å². The lowest BCUT2D eigenvalue weighted by Crippen LogP contribution is -2.42. The Kier molecular flexibility index (Phi) is 7.76. The molecule has 3 N–H and O–H groups in total. The van der Waals surface area contributed by atoms with Crippen LogP contribution in [0, 0.1) is 17.3 Å². The van der Waals surface area contributed by atoms with Crippen LogP contribution >= 0.6 is 0 Å². The third-order valence-corrected chi connectivity index (χ3v) is 5.96. The molecule has 1 heterocycles. The number of aryl methyl sites for hydroxylation is 1. The van der Waals surface area contributed by atoms with E-state index < -0.39 is 0 Å². The molecule has 1 aliphatic carbocycles. The minimum Gasteiger partial charge on any atom is -0.395 e. The number of aliphatic hydroxyl groups excluding tert-OH is 1. The molecule has 1 aromatic heterocycles. The Bertz CT molecular complexity index is 448. The second-order valence-corrected chi connectivity index (χ2v) is 8.40. The predicted molar refractivity (Wildman–Crippen MR) is 99.9 cm³/mol. The van der Waals surface area contributed by atoms with Crippen LogP contribution in [0.3, 0.4) is 0 Å². The van der Waals surface area contributed by atoms with Gasteiger partial charge in [0.1, 0.15) is 0 Å². The number of nitrogens with one attached hydrogen (secondary N) is 2. The van der Waals surface area contributed by atoms with Gasteiger partial charge in [-0.2, -0.15) is 0 Å². The normalized spacial score (nSPS) is 27.1. The van der Waals surface area contributed by atoms with E-state index in [4.69, 9.17) is 0 Å². The fourth-order valence-electron chi connectivity index (χ4n) is 4.22. The minimum atomic E-state index is 0.181. The van der Waals surface area contributed by atoms with E-state index in [0.717, 1.165) is 36.9 Å². The van der Waals surface area contributed by atoms with Crippen molar-refractivity contribution < 1.29 is 5.11 Å². The maximum Gasteiger partial charge on any atom is 0.0921 e. The SMILES string of the molecule is CCC(C)CC1CCCC(C)(CNC(CO)CCc2cnc[nH]2)C1. The zero-order valence-electron chi connectivity index (χ0n) is 15.9.